The Labute approximate surface area is 690 Å². The number of ether oxygens (including phenoxy) is 5. The SMILES string of the molecule is CC(=O)c1ccc2c(c1)nc(NC(=S)n1ccnc1)n2C.CC(=O)c1ccc2c(c1)nc(Nc1nc3cc(OC(F)(F)F)ccc3n1C)n2C.CNc1ccc(OC(F)(F)F)cc1N.CNc1ccc(OC(F)(F)F)cc1[N+](=O)[O-].Cn1c(Nc2nc3cc(C(=O)O)ccc3n2C)nc2cc(OC(F)(F)F)ccc21.Nc1ccc(OC(F)(F)F)cc1[N+](=O)[O-]. The lowest BCUT2D eigenvalue weighted by atomic mass is 10.1. The van der Waals surface area contributed by atoms with Crippen molar-refractivity contribution in [2.24, 2.45) is 35.2 Å². The second-order valence-corrected chi connectivity index (χ2v) is 25.7. The number of nitro benzene ring substituents is 2. The number of Topliss-reactive ketones (excluding diaryl/α,β-unsaturated/α-hetero) is 2. The van der Waals surface area contributed by atoms with Gasteiger partial charge in [-0.25, -0.2) is 34.7 Å². The van der Waals surface area contributed by atoms with Crippen molar-refractivity contribution >= 4 is 154 Å². The Kier molecular flexibility index (Phi) is 27.9. The molecule has 0 bridgehead atoms. The fourth-order valence-corrected chi connectivity index (χ4v) is 11.3. The van der Waals surface area contributed by atoms with Crippen molar-refractivity contribution in [1.82, 2.24) is 57.3 Å². The Morgan fingerprint density at radius 2 is 0.726 bits per heavy atom. The first-order chi connectivity index (χ1) is 57.8. The zero-order valence-electron chi connectivity index (χ0n) is 64.9. The first-order valence-electron chi connectivity index (χ1n) is 34.6. The maximum atomic E-state index is 12.4. The highest BCUT2D eigenvalue weighted by Gasteiger charge is 2.36. The summed E-state index contributed by atoms with van der Waals surface area (Å²) in [4.78, 5) is 79.3. The number of carboxylic acid groups (broad SMARTS) is 1. The summed E-state index contributed by atoms with van der Waals surface area (Å²) in [7, 11) is 11.9. The smallest absolute Gasteiger partial charge is 0.478 e. The molecule has 8 aromatic carbocycles. The van der Waals surface area contributed by atoms with Gasteiger partial charge >= 0.3 is 37.8 Å². The van der Waals surface area contributed by atoms with E-state index in [0.717, 1.165) is 46.9 Å². The summed E-state index contributed by atoms with van der Waals surface area (Å²) < 4.78 is 210. The average Bonchev–Trinajstić information content (AvgIpc) is 1.63. The molecule has 0 unspecified atom stereocenters. The number of carboxylic acids is 1. The van der Waals surface area contributed by atoms with Crippen molar-refractivity contribution in [3.63, 3.8) is 0 Å². The van der Waals surface area contributed by atoms with Crippen molar-refractivity contribution in [2.75, 3.05) is 52.1 Å². The standard InChI is InChI=1S/C19H16F3N5O2.C18H14F3N5O3.C14H13N5OS.C8H7F3N2O3.C8H9F3N2O.C7H5F3N2O3/c1-10(28)11-4-6-15-13(8-11)23-17(26(15)2)25-18-24-14-9-12(29-19(20,21)22)5-7-16(14)27(18)3;1-25-13-5-3-9(15(27)28)7-11(13)22-16(25)24-17-23-12-8-10(29-18(19,20)21)4-6-14(12)26(17)2;1-9(20)10-3-4-12-11(7-10)16-13(18(12)2)17-14(21)19-6-5-15-8-19;1-12-6-3-2-5(16-8(9,10)11)4-7(6)13(14)15;1-13-7-3-2-5(4-6(7)12)14-8(9,10)11;8-7(9,10)15-4-1-2-5(11)6(3-4)12(13)14/h4-9H,1-3H3,(H,23,24,25);3-8H,1-2H3,(H,27,28)(H,22,23,24);3-8H,1-2H3,(H,16,17,21);2-4,12H,1H3;2-4,13H,12H2,1H3;1-3H,11H2. The predicted octanol–water partition coefficient (Wildman–Crippen LogP) is 17.1. The number of benzene rings is 8. The third-order valence-electron chi connectivity index (χ3n) is 16.9. The number of aryl methyl sites for hydroxylation is 5. The van der Waals surface area contributed by atoms with E-state index in [9.17, 15) is 100 Å². The summed E-state index contributed by atoms with van der Waals surface area (Å²) in [6.07, 6.45) is -19.0. The van der Waals surface area contributed by atoms with Crippen LogP contribution >= 0.6 is 12.2 Å². The number of nitrogen functional groups attached to an aromatic ring is 2. The lowest BCUT2D eigenvalue weighted by molar-refractivity contribution is -0.384. The lowest BCUT2D eigenvalue weighted by Gasteiger charge is -2.10. The van der Waals surface area contributed by atoms with Gasteiger partial charge in [0.25, 0.3) is 11.4 Å². The van der Waals surface area contributed by atoms with E-state index >= 15 is 0 Å². The molecule has 0 aliphatic heterocycles. The molecule has 10 N–H and O–H groups in total. The Morgan fingerprint density at radius 3 is 1.06 bits per heavy atom. The number of alkyl halides is 15. The molecule has 0 aliphatic carbocycles. The van der Waals surface area contributed by atoms with Crippen LogP contribution in [0.5, 0.6) is 28.7 Å². The van der Waals surface area contributed by atoms with E-state index in [1.807, 2.05) is 24.7 Å². The normalized spacial score (nSPS) is 11.4. The van der Waals surface area contributed by atoms with Crippen LogP contribution in [0.3, 0.4) is 0 Å². The molecule has 34 nitrogen and oxygen atoms in total. The van der Waals surface area contributed by atoms with Gasteiger partial charge in [-0.1, -0.05) is 0 Å². The molecule has 124 heavy (non-hydrogen) atoms. The van der Waals surface area contributed by atoms with Gasteiger partial charge in [0.2, 0.25) is 29.7 Å². The number of aromatic nitrogens is 12. The third-order valence-corrected chi connectivity index (χ3v) is 17.2. The number of aromatic carboxylic acids is 1. The average molecular weight is 1770 g/mol. The van der Waals surface area contributed by atoms with Gasteiger partial charge in [-0.2, -0.15) is 0 Å². The van der Waals surface area contributed by atoms with Gasteiger partial charge in [-0.05, 0) is 141 Å². The number of rotatable bonds is 17. The fourth-order valence-electron chi connectivity index (χ4n) is 11.1. The van der Waals surface area contributed by atoms with Crippen LogP contribution in [0.25, 0.3) is 55.2 Å². The monoisotopic (exact) mass is 1770 g/mol. The quantitative estimate of drug-likeness (QED) is 0.0105. The molecule has 0 radical (unpaired) electrons. The molecule has 0 saturated carbocycles. The summed E-state index contributed by atoms with van der Waals surface area (Å²) in [5, 5.41) is 44.9. The number of fused-ring (bicyclic) bond motifs is 5. The van der Waals surface area contributed by atoms with E-state index in [4.69, 9.17) is 28.8 Å². The highest BCUT2D eigenvalue weighted by atomic mass is 32.1. The van der Waals surface area contributed by atoms with Crippen molar-refractivity contribution in [2.45, 2.75) is 45.7 Å². The van der Waals surface area contributed by atoms with E-state index in [1.165, 1.54) is 81.6 Å². The minimum Gasteiger partial charge on any atom is -0.478 e. The van der Waals surface area contributed by atoms with Gasteiger partial charge in [0, 0.05) is 91.1 Å². The fraction of sp³-hybridized carbons (Fsp3) is 0.189. The van der Waals surface area contributed by atoms with Crippen molar-refractivity contribution < 1.29 is 119 Å². The van der Waals surface area contributed by atoms with E-state index < -0.39 is 70.5 Å². The first-order valence-corrected chi connectivity index (χ1v) is 35.0. The Hall–Kier alpha value is -15.4. The maximum absolute atomic E-state index is 12.4. The maximum Gasteiger partial charge on any atom is 0.573 e. The largest absolute Gasteiger partial charge is 0.573 e. The second kappa shape index (κ2) is 37.5. The van der Waals surface area contributed by atoms with Crippen LogP contribution in [0, 0.1) is 20.2 Å². The number of carbonyl (C=O) groups excluding carboxylic acids is 2. The Morgan fingerprint density at radius 1 is 0.419 bits per heavy atom. The number of nitro groups is 2. The van der Waals surface area contributed by atoms with E-state index in [1.54, 1.807) is 106 Å². The Balaban J connectivity index is 0.000000173. The van der Waals surface area contributed by atoms with Gasteiger partial charge < -0.3 is 79.0 Å². The van der Waals surface area contributed by atoms with E-state index in [2.05, 4.69) is 80.2 Å². The van der Waals surface area contributed by atoms with Gasteiger partial charge in [0.15, 0.2) is 16.7 Å². The second-order valence-electron chi connectivity index (χ2n) is 25.4. The van der Waals surface area contributed by atoms with E-state index in [-0.39, 0.29) is 51.4 Å². The molecule has 0 amide bonds. The molecule has 0 atom stereocenters. The summed E-state index contributed by atoms with van der Waals surface area (Å²) in [5.74, 6) is -1.19. The molecule has 6 heterocycles. The number of thiocarbonyl (C=S) groups is 1. The number of imidazole rings is 6. The number of hydrogen-bond acceptors (Lipinski definition) is 25. The number of hydrogen-bond donors (Lipinski definition) is 8. The zero-order valence-corrected chi connectivity index (χ0v) is 65.7. The number of anilines is 9. The lowest BCUT2D eigenvalue weighted by Crippen LogP contribution is -2.19. The van der Waals surface area contributed by atoms with Crippen LogP contribution in [-0.4, -0.2) is 141 Å². The minimum atomic E-state index is -4.88. The summed E-state index contributed by atoms with van der Waals surface area (Å²) >= 11 is 5.29. The molecular weight excluding hydrogens is 1710 g/mol. The molecule has 0 spiro atoms. The first kappa shape index (κ1) is 92.5. The number of nitrogens with two attached hydrogens (primary N) is 2. The predicted molar refractivity (Wildman–Crippen MR) is 425 cm³/mol. The number of ketones is 2. The molecular formula is C74H64F15N21O13S. The van der Waals surface area contributed by atoms with Gasteiger partial charge in [-0.15, -0.1) is 65.9 Å². The highest BCUT2D eigenvalue weighted by molar-refractivity contribution is 7.80. The number of nitrogens with one attached hydrogen (secondary N) is 5. The summed E-state index contributed by atoms with van der Waals surface area (Å²) in [5.41, 5.74) is 17.7. The number of nitrogens with zero attached hydrogens (tertiary/aromatic N) is 14. The molecule has 50 heteroatoms. The third kappa shape index (κ3) is 24.4. The number of halogens is 15. The van der Waals surface area contributed by atoms with Crippen LogP contribution in [0.15, 0.2) is 164 Å². The van der Waals surface area contributed by atoms with Crippen LogP contribution in [0.2, 0.25) is 0 Å². The minimum absolute atomic E-state index is 0.0194. The highest BCUT2D eigenvalue weighted by Crippen LogP contribution is 2.37. The molecule has 0 fully saturated rings. The molecule has 14 rings (SSSR count). The molecule has 14 aromatic rings. The Bertz CT molecular complexity index is 6130. The molecule has 0 saturated heterocycles. The summed E-state index contributed by atoms with van der Waals surface area (Å²) in [6.45, 7) is 3.02. The van der Waals surface area contributed by atoms with Gasteiger partial charge in [0.1, 0.15) is 46.4 Å². The van der Waals surface area contributed by atoms with Crippen molar-refractivity contribution in [1.29, 1.82) is 0 Å². The van der Waals surface area contributed by atoms with Gasteiger partial charge in [0.05, 0.1) is 94.1 Å². The van der Waals surface area contributed by atoms with Crippen LogP contribution in [0.4, 0.5) is 130 Å². The van der Waals surface area contributed by atoms with Gasteiger partial charge in [-0.3, -0.25) is 45.0 Å². The van der Waals surface area contributed by atoms with Crippen molar-refractivity contribution in [3.8, 4) is 28.7 Å². The van der Waals surface area contributed by atoms with Crippen LogP contribution in [0.1, 0.15) is 44.9 Å². The van der Waals surface area contributed by atoms with E-state index in [0.29, 0.717) is 102 Å². The summed E-state index contributed by atoms with van der Waals surface area (Å²) in [6, 6.07) is 32.2. The van der Waals surface area contributed by atoms with Crippen LogP contribution in [-0.2, 0) is 35.2 Å². The van der Waals surface area contributed by atoms with Crippen molar-refractivity contribution in [3.05, 3.63) is 201 Å². The molecule has 6 aromatic heterocycles. The molecule has 0 aliphatic rings. The van der Waals surface area contributed by atoms with Crippen LogP contribution < -0.4 is 61.7 Å². The zero-order chi connectivity index (χ0) is 91.6. The molecule has 654 valence electrons. The number of carbonyl (C=O) groups is 3. The topological polar surface area (TPSA) is 423 Å².